The molecule has 4 rings (SSSR count). The van der Waals surface area contributed by atoms with Crippen LogP contribution in [0.4, 0.5) is 0 Å². The Morgan fingerprint density at radius 3 is 2.50 bits per heavy atom. The number of nitrogens with zero attached hydrogens (tertiary/aromatic N) is 5. The van der Waals surface area contributed by atoms with Gasteiger partial charge in [-0.15, -0.1) is 10.2 Å². The van der Waals surface area contributed by atoms with Crippen LogP contribution in [0.5, 0.6) is 0 Å². The zero-order chi connectivity index (χ0) is 19.3. The molecular formula is C21H22N6O. The molecule has 2 aromatic heterocycles. The van der Waals surface area contributed by atoms with Crippen molar-refractivity contribution < 1.29 is 5.11 Å². The lowest BCUT2D eigenvalue weighted by Crippen LogP contribution is -2.08. The number of nitrogens with one attached hydrogen (secondary N) is 1. The van der Waals surface area contributed by atoms with Gasteiger partial charge in [0.2, 0.25) is 5.82 Å². The maximum absolute atomic E-state index is 9.61. The van der Waals surface area contributed by atoms with Gasteiger partial charge in [-0.1, -0.05) is 55.5 Å². The molecule has 4 aromatic rings. The first-order valence-electron chi connectivity index (χ1n) is 9.36. The summed E-state index contributed by atoms with van der Waals surface area (Å²) in [5.41, 5.74) is 5.08. The summed E-state index contributed by atoms with van der Waals surface area (Å²) in [5.74, 6) is 1.59. The number of hydrogen-bond acceptors (Lipinski definition) is 5. The number of aromatic amines is 1. The normalized spacial score (nSPS) is 11.1. The van der Waals surface area contributed by atoms with Crippen LogP contribution in [-0.2, 0) is 19.6 Å². The van der Waals surface area contributed by atoms with Gasteiger partial charge in [0.05, 0.1) is 18.5 Å². The molecule has 2 N–H and O–H groups in total. The summed E-state index contributed by atoms with van der Waals surface area (Å²) in [5, 5.41) is 24.0. The third-order valence-corrected chi connectivity index (χ3v) is 4.78. The van der Waals surface area contributed by atoms with Crippen molar-refractivity contribution in [1.29, 1.82) is 0 Å². The molecule has 0 unspecified atom stereocenters. The van der Waals surface area contributed by atoms with Crippen LogP contribution >= 0.6 is 0 Å². The SMILES string of the molecule is CCCc1ncc(CO)n1Cc1ccc(-c2ccccc2-c2nn[nH]n2)cc1. The number of H-pyrrole nitrogens is 1. The van der Waals surface area contributed by atoms with E-state index >= 15 is 0 Å². The lowest BCUT2D eigenvalue weighted by molar-refractivity contribution is 0.271. The van der Waals surface area contributed by atoms with E-state index in [1.54, 1.807) is 6.20 Å². The predicted molar refractivity (Wildman–Crippen MR) is 106 cm³/mol. The van der Waals surface area contributed by atoms with Crippen LogP contribution in [0.1, 0.15) is 30.4 Å². The molecule has 2 heterocycles. The fraction of sp³-hybridized carbons (Fsp3) is 0.238. The second-order valence-corrected chi connectivity index (χ2v) is 6.64. The third kappa shape index (κ3) is 3.57. The molecule has 28 heavy (non-hydrogen) atoms. The van der Waals surface area contributed by atoms with Crippen LogP contribution in [0, 0.1) is 0 Å². The highest BCUT2D eigenvalue weighted by atomic mass is 16.3. The number of aliphatic hydroxyl groups is 1. The van der Waals surface area contributed by atoms with Gasteiger partial charge in [0.15, 0.2) is 0 Å². The van der Waals surface area contributed by atoms with E-state index in [4.69, 9.17) is 0 Å². The van der Waals surface area contributed by atoms with Gasteiger partial charge >= 0.3 is 0 Å². The quantitative estimate of drug-likeness (QED) is 0.518. The van der Waals surface area contributed by atoms with Crippen LogP contribution in [-0.4, -0.2) is 35.3 Å². The molecule has 0 aliphatic carbocycles. The first kappa shape index (κ1) is 18.1. The van der Waals surface area contributed by atoms with Gasteiger partial charge in [-0.25, -0.2) is 4.98 Å². The molecule has 0 saturated heterocycles. The number of aliphatic hydroxyl groups excluding tert-OH is 1. The van der Waals surface area contributed by atoms with Gasteiger partial charge < -0.3 is 9.67 Å². The van der Waals surface area contributed by atoms with E-state index in [0.29, 0.717) is 12.4 Å². The first-order chi connectivity index (χ1) is 13.8. The number of aromatic nitrogens is 6. The number of benzene rings is 2. The largest absolute Gasteiger partial charge is 0.390 e. The highest BCUT2D eigenvalue weighted by Gasteiger charge is 2.12. The van der Waals surface area contributed by atoms with Crippen LogP contribution in [0.2, 0.25) is 0 Å². The van der Waals surface area contributed by atoms with E-state index in [1.807, 2.05) is 18.2 Å². The van der Waals surface area contributed by atoms with Crippen molar-refractivity contribution in [1.82, 2.24) is 30.2 Å². The zero-order valence-electron chi connectivity index (χ0n) is 15.7. The highest BCUT2D eigenvalue weighted by Crippen LogP contribution is 2.29. The van der Waals surface area contributed by atoms with Gasteiger partial charge in [-0.3, -0.25) is 0 Å². The van der Waals surface area contributed by atoms with Gasteiger partial charge in [0, 0.05) is 18.5 Å². The van der Waals surface area contributed by atoms with Gasteiger partial charge in [-0.05, 0) is 28.3 Å². The third-order valence-electron chi connectivity index (χ3n) is 4.78. The molecular weight excluding hydrogens is 352 g/mol. The molecule has 0 radical (unpaired) electrons. The summed E-state index contributed by atoms with van der Waals surface area (Å²) in [7, 11) is 0. The molecule has 7 nitrogen and oxygen atoms in total. The number of imidazole rings is 1. The molecule has 0 amide bonds. The Hall–Kier alpha value is -3.32. The first-order valence-corrected chi connectivity index (χ1v) is 9.36. The van der Waals surface area contributed by atoms with Crippen LogP contribution < -0.4 is 0 Å². The standard InChI is InChI=1S/C21H22N6O/c1-2-5-20-22-12-17(14-28)27(20)13-15-8-10-16(11-9-15)18-6-3-4-7-19(18)21-23-25-26-24-21/h3-4,6-12,28H,2,5,13-14H2,1H3,(H,23,24,25,26). The molecule has 0 bridgehead atoms. The fourth-order valence-electron chi connectivity index (χ4n) is 3.37. The average Bonchev–Trinajstić information content (AvgIpc) is 3.40. The smallest absolute Gasteiger partial charge is 0.205 e. The van der Waals surface area contributed by atoms with E-state index < -0.39 is 0 Å². The molecule has 0 fully saturated rings. The Kier molecular flexibility index (Phi) is 5.25. The summed E-state index contributed by atoms with van der Waals surface area (Å²) >= 11 is 0. The van der Waals surface area contributed by atoms with Crippen LogP contribution in [0.15, 0.2) is 54.7 Å². The topological polar surface area (TPSA) is 92.5 Å². The molecule has 0 aliphatic rings. The van der Waals surface area contributed by atoms with Crippen molar-refractivity contribution in [2.24, 2.45) is 0 Å². The maximum atomic E-state index is 9.61. The maximum Gasteiger partial charge on any atom is 0.205 e. The lowest BCUT2D eigenvalue weighted by atomic mass is 9.98. The molecule has 142 valence electrons. The van der Waals surface area contributed by atoms with Gasteiger partial charge in [0.25, 0.3) is 0 Å². The highest BCUT2D eigenvalue weighted by molar-refractivity contribution is 5.80. The summed E-state index contributed by atoms with van der Waals surface area (Å²) in [6, 6.07) is 16.4. The monoisotopic (exact) mass is 374 g/mol. The van der Waals surface area contributed by atoms with Gasteiger partial charge in [-0.2, -0.15) is 5.21 Å². The van der Waals surface area contributed by atoms with E-state index in [-0.39, 0.29) is 6.61 Å². The zero-order valence-corrected chi connectivity index (χ0v) is 15.7. The molecule has 0 atom stereocenters. The molecule has 2 aromatic carbocycles. The Labute approximate surface area is 163 Å². The summed E-state index contributed by atoms with van der Waals surface area (Å²) in [4.78, 5) is 4.46. The number of rotatable bonds is 7. The van der Waals surface area contributed by atoms with Gasteiger partial charge in [0.1, 0.15) is 5.82 Å². The van der Waals surface area contributed by atoms with E-state index in [2.05, 4.69) is 67.4 Å². The minimum absolute atomic E-state index is 0.00707. The minimum Gasteiger partial charge on any atom is -0.390 e. The predicted octanol–water partition coefficient (Wildman–Crippen LogP) is 3.22. The van der Waals surface area contributed by atoms with Crippen LogP contribution in [0.3, 0.4) is 0 Å². The Bertz CT molecular complexity index is 1040. The summed E-state index contributed by atoms with van der Waals surface area (Å²) in [6.45, 7) is 2.82. The van der Waals surface area contributed by atoms with Crippen molar-refractivity contribution in [3.8, 4) is 22.5 Å². The molecule has 7 heteroatoms. The summed E-state index contributed by atoms with van der Waals surface area (Å²) < 4.78 is 2.10. The number of hydrogen-bond donors (Lipinski definition) is 2. The average molecular weight is 374 g/mol. The minimum atomic E-state index is -0.00707. The lowest BCUT2D eigenvalue weighted by Gasteiger charge is -2.12. The number of aryl methyl sites for hydroxylation is 1. The van der Waals surface area contributed by atoms with Crippen molar-refractivity contribution in [2.45, 2.75) is 32.9 Å². The van der Waals surface area contributed by atoms with E-state index in [1.165, 1.54) is 0 Å². The van der Waals surface area contributed by atoms with E-state index in [0.717, 1.165) is 46.6 Å². The van der Waals surface area contributed by atoms with Crippen molar-refractivity contribution >= 4 is 0 Å². The Morgan fingerprint density at radius 2 is 1.82 bits per heavy atom. The second-order valence-electron chi connectivity index (χ2n) is 6.64. The van der Waals surface area contributed by atoms with E-state index in [9.17, 15) is 5.11 Å². The molecule has 0 spiro atoms. The van der Waals surface area contributed by atoms with Crippen molar-refractivity contribution in [3.05, 3.63) is 71.8 Å². The Morgan fingerprint density at radius 1 is 1.04 bits per heavy atom. The van der Waals surface area contributed by atoms with Crippen molar-refractivity contribution in [3.63, 3.8) is 0 Å². The second kappa shape index (κ2) is 8.14. The van der Waals surface area contributed by atoms with Crippen LogP contribution in [0.25, 0.3) is 22.5 Å². The summed E-state index contributed by atoms with van der Waals surface area (Å²) in [6.07, 6.45) is 3.68. The van der Waals surface area contributed by atoms with Crippen molar-refractivity contribution in [2.75, 3.05) is 0 Å². The molecule has 0 saturated carbocycles. The number of tetrazole rings is 1. The molecule has 0 aliphatic heterocycles. The fourth-order valence-corrected chi connectivity index (χ4v) is 3.37. The Balaban J connectivity index is 1.62.